The second-order valence-electron chi connectivity index (χ2n) is 13.8. The van der Waals surface area contributed by atoms with Crippen LogP contribution in [0, 0.1) is 0 Å². The first-order valence-corrected chi connectivity index (χ1v) is 19.4. The molecule has 0 unspecified atom stereocenters. The van der Waals surface area contributed by atoms with E-state index < -0.39 is 0 Å². The molecule has 3 heteroatoms. The first kappa shape index (κ1) is 32.7. The Morgan fingerprint density at radius 2 is 0.745 bits per heavy atom. The SMILES string of the molecule is c1ccc(-c2cccc(-c3cccc(-c4cc(-c5cc(-c6ccccc6)cc(-c6cccc7c6sc6ccccc67)c5)nc(-c5ccccc5)n4)c3)c2)cc1. The highest BCUT2D eigenvalue weighted by Gasteiger charge is 2.16. The maximum atomic E-state index is 5.28. The van der Waals surface area contributed by atoms with Crippen LogP contribution < -0.4 is 0 Å². The largest absolute Gasteiger partial charge is 0.228 e. The Bertz CT molecular complexity index is 2970. The third-order valence-corrected chi connectivity index (χ3v) is 11.5. The minimum absolute atomic E-state index is 0.697. The number of hydrogen-bond acceptors (Lipinski definition) is 3. The summed E-state index contributed by atoms with van der Waals surface area (Å²) in [6.07, 6.45) is 0. The van der Waals surface area contributed by atoms with Crippen molar-refractivity contribution in [3.63, 3.8) is 0 Å². The Morgan fingerprint density at radius 1 is 0.291 bits per heavy atom. The molecule has 0 fully saturated rings. The van der Waals surface area contributed by atoms with E-state index in [0.717, 1.165) is 55.9 Å². The monoisotopic (exact) mass is 718 g/mol. The summed E-state index contributed by atoms with van der Waals surface area (Å²) < 4.78 is 2.59. The Kier molecular flexibility index (Phi) is 8.40. The van der Waals surface area contributed by atoms with Gasteiger partial charge in [0, 0.05) is 36.9 Å². The molecular weight excluding hydrogens is 685 g/mol. The van der Waals surface area contributed by atoms with Crippen LogP contribution in [0.2, 0.25) is 0 Å². The smallest absolute Gasteiger partial charge is 0.160 e. The van der Waals surface area contributed by atoms with Gasteiger partial charge in [-0.1, -0.05) is 164 Å². The number of rotatable bonds is 7. The van der Waals surface area contributed by atoms with Crippen molar-refractivity contribution in [2.75, 3.05) is 0 Å². The van der Waals surface area contributed by atoms with Crippen molar-refractivity contribution >= 4 is 31.5 Å². The van der Waals surface area contributed by atoms with Gasteiger partial charge < -0.3 is 0 Å². The lowest BCUT2D eigenvalue weighted by molar-refractivity contribution is 1.18. The van der Waals surface area contributed by atoms with Crippen molar-refractivity contribution in [1.29, 1.82) is 0 Å². The highest BCUT2D eigenvalue weighted by molar-refractivity contribution is 7.26. The number of aromatic nitrogens is 2. The average Bonchev–Trinajstić information content (AvgIpc) is 3.66. The fourth-order valence-electron chi connectivity index (χ4n) is 7.53. The van der Waals surface area contributed by atoms with Crippen LogP contribution in [0.4, 0.5) is 0 Å². The number of fused-ring (bicyclic) bond motifs is 3. The van der Waals surface area contributed by atoms with E-state index in [1.807, 2.05) is 29.5 Å². The fourth-order valence-corrected chi connectivity index (χ4v) is 8.77. The van der Waals surface area contributed by atoms with Crippen molar-refractivity contribution in [3.05, 3.63) is 206 Å². The molecule has 0 saturated carbocycles. The predicted molar refractivity (Wildman–Crippen MR) is 233 cm³/mol. The zero-order valence-electron chi connectivity index (χ0n) is 29.9. The summed E-state index contributed by atoms with van der Waals surface area (Å²) >= 11 is 1.86. The molecule has 55 heavy (non-hydrogen) atoms. The molecule has 0 amide bonds. The molecule has 0 N–H and O–H groups in total. The van der Waals surface area contributed by atoms with Gasteiger partial charge in [-0.3, -0.25) is 0 Å². The Morgan fingerprint density at radius 3 is 1.45 bits per heavy atom. The molecule has 0 saturated heterocycles. The Labute approximate surface area is 324 Å². The first-order valence-electron chi connectivity index (χ1n) is 18.6. The molecule has 0 spiro atoms. The zero-order valence-corrected chi connectivity index (χ0v) is 30.7. The molecular formula is C52H34N2S. The molecule has 0 aliphatic rings. The molecule has 0 aliphatic carbocycles. The summed E-state index contributed by atoms with van der Waals surface area (Å²) in [5.41, 5.74) is 14.2. The fraction of sp³-hybridized carbons (Fsp3) is 0. The Hall–Kier alpha value is -6.94. The predicted octanol–water partition coefficient (Wildman–Crippen LogP) is 14.5. The molecule has 10 rings (SSSR count). The highest BCUT2D eigenvalue weighted by atomic mass is 32.1. The van der Waals surface area contributed by atoms with Gasteiger partial charge in [-0.05, 0) is 87.0 Å². The van der Waals surface area contributed by atoms with Gasteiger partial charge in [0.2, 0.25) is 0 Å². The van der Waals surface area contributed by atoms with E-state index in [1.165, 1.54) is 36.9 Å². The van der Waals surface area contributed by atoms with Gasteiger partial charge in [0.25, 0.3) is 0 Å². The molecule has 2 heterocycles. The maximum Gasteiger partial charge on any atom is 0.160 e. The van der Waals surface area contributed by atoms with E-state index in [0.29, 0.717) is 5.82 Å². The van der Waals surface area contributed by atoms with Gasteiger partial charge in [0.15, 0.2) is 5.82 Å². The van der Waals surface area contributed by atoms with Gasteiger partial charge in [-0.2, -0.15) is 0 Å². The molecule has 2 aromatic heterocycles. The lowest BCUT2D eigenvalue weighted by atomic mass is 9.93. The van der Waals surface area contributed by atoms with Gasteiger partial charge >= 0.3 is 0 Å². The first-order chi connectivity index (χ1) is 27.2. The van der Waals surface area contributed by atoms with Crippen LogP contribution in [-0.2, 0) is 0 Å². The summed E-state index contributed by atoms with van der Waals surface area (Å²) in [5, 5.41) is 2.58. The third kappa shape index (κ3) is 6.41. The van der Waals surface area contributed by atoms with E-state index >= 15 is 0 Å². The van der Waals surface area contributed by atoms with Gasteiger partial charge in [0.1, 0.15) is 0 Å². The van der Waals surface area contributed by atoms with E-state index in [9.17, 15) is 0 Å². The van der Waals surface area contributed by atoms with Gasteiger partial charge in [0.05, 0.1) is 11.4 Å². The van der Waals surface area contributed by atoms with E-state index in [2.05, 4.69) is 188 Å². The molecule has 2 nitrogen and oxygen atoms in total. The zero-order chi connectivity index (χ0) is 36.6. The highest BCUT2D eigenvalue weighted by Crippen LogP contribution is 2.42. The van der Waals surface area contributed by atoms with Crippen molar-refractivity contribution < 1.29 is 0 Å². The Balaban J connectivity index is 1.15. The second-order valence-corrected chi connectivity index (χ2v) is 14.9. The molecule has 0 aliphatic heterocycles. The van der Waals surface area contributed by atoms with Crippen molar-refractivity contribution in [3.8, 4) is 78.4 Å². The van der Waals surface area contributed by atoms with E-state index in [-0.39, 0.29) is 0 Å². The lowest BCUT2D eigenvalue weighted by Gasteiger charge is -2.14. The second kappa shape index (κ2) is 14.1. The standard InChI is InChI=1S/C52H34N2S/c1-4-15-35(16-5-1)38-21-12-22-39(29-38)40-23-13-24-41(30-40)48-34-49(54-52(53-48)37-19-8-3-9-20-37)44-32-42(36-17-6-2-7-18-36)31-43(33-44)45-26-14-27-47-46-25-10-11-28-50(46)55-51(45)47/h1-34H. The summed E-state index contributed by atoms with van der Waals surface area (Å²) in [4.78, 5) is 10.5. The minimum atomic E-state index is 0.697. The molecule has 10 aromatic rings. The van der Waals surface area contributed by atoms with Crippen LogP contribution in [0.1, 0.15) is 0 Å². The summed E-state index contributed by atoms with van der Waals surface area (Å²) in [7, 11) is 0. The number of nitrogens with zero attached hydrogens (tertiary/aromatic N) is 2. The number of benzene rings is 8. The average molecular weight is 719 g/mol. The van der Waals surface area contributed by atoms with Crippen molar-refractivity contribution in [2.24, 2.45) is 0 Å². The van der Waals surface area contributed by atoms with E-state index in [4.69, 9.17) is 9.97 Å². The molecule has 8 aromatic carbocycles. The van der Waals surface area contributed by atoms with E-state index in [1.54, 1.807) is 0 Å². The molecule has 0 radical (unpaired) electrons. The molecule has 258 valence electrons. The molecule has 0 bridgehead atoms. The van der Waals surface area contributed by atoms with Crippen LogP contribution in [0.25, 0.3) is 98.6 Å². The minimum Gasteiger partial charge on any atom is -0.228 e. The quantitative estimate of drug-likeness (QED) is 0.164. The summed E-state index contributed by atoms with van der Waals surface area (Å²) in [6, 6.07) is 73.4. The normalized spacial score (nSPS) is 11.3. The van der Waals surface area contributed by atoms with Crippen LogP contribution in [0.5, 0.6) is 0 Å². The van der Waals surface area contributed by atoms with Crippen LogP contribution in [0.15, 0.2) is 206 Å². The van der Waals surface area contributed by atoms with Gasteiger partial charge in [-0.15, -0.1) is 11.3 Å². The third-order valence-electron chi connectivity index (χ3n) is 10.3. The number of thiophene rings is 1. The van der Waals surface area contributed by atoms with Crippen molar-refractivity contribution in [2.45, 2.75) is 0 Å². The maximum absolute atomic E-state index is 5.28. The molecule has 0 atom stereocenters. The van der Waals surface area contributed by atoms with Crippen molar-refractivity contribution in [1.82, 2.24) is 9.97 Å². The summed E-state index contributed by atoms with van der Waals surface area (Å²) in [6.45, 7) is 0. The van der Waals surface area contributed by atoms with Crippen LogP contribution >= 0.6 is 11.3 Å². The van der Waals surface area contributed by atoms with Crippen LogP contribution in [-0.4, -0.2) is 9.97 Å². The summed E-state index contributed by atoms with van der Waals surface area (Å²) in [5.74, 6) is 0.697. The lowest BCUT2D eigenvalue weighted by Crippen LogP contribution is -1.97. The number of hydrogen-bond donors (Lipinski definition) is 0. The van der Waals surface area contributed by atoms with Crippen LogP contribution in [0.3, 0.4) is 0 Å². The topological polar surface area (TPSA) is 25.8 Å². The van der Waals surface area contributed by atoms with Gasteiger partial charge in [-0.25, -0.2) is 9.97 Å².